The van der Waals surface area contributed by atoms with Crippen molar-refractivity contribution in [3.8, 4) is 0 Å². The summed E-state index contributed by atoms with van der Waals surface area (Å²) in [5, 5.41) is 4.32. The summed E-state index contributed by atoms with van der Waals surface area (Å²) in [5.41, 5.74) is 1.84. The van der Waals surface area contributed by atoms with Crippen LogP contribution in [0.15, 0.2) is 12.1 Å². The highest BCUT2D eigenvalue weighted by atomic mass is 35.5. The number of fused-ring (bicyclic) bond motifs is 1. The Kier molecular flexibility index (Phi) is 3.79. The molecule has 5 heteroatoms. The highest BCUT2D eigenvalue weighted by Gasteiger charge is 2.26. The molecular weight excluding hydrogens is 261 g/mol. The van der Waals surface area contributed by atoms with Gasteiger partial charge < -0.3 is 10.1 Å². The first-order chi connectivity index (χ1) is 8.11. The van der Waals surface area contributed by atoms with Crippen LogP contribution in [0.4, 0.5) is 5.69 Å². The minimum atomic E-state index is -0.308. The number of hydrogen-bond acceptors (Lipinski definition) is 3. The van der Waals surface area contributed by atoms with Gasteiger partial charge in [0.1, 0.15) is 6.04 Å². The van der Waals surface area contributed by atoms with Crippen molar-refractivity contribution in [3.05, 3.63) is 27.7 Å². The van der Waals surface area contributed by atoms with E-state index in [1.165, 1.54) is 0 Å². The summed E-state index contributed by atoms with van der Waals surface area (Å²) in [5.74, 6) is -0.228. The van der Waals surface area contributed by atoms with Gasteiger partial charge in [-0.05, 0) is 37.5 Å². The van der Waals surface area contributed by atoms with E-state index in [2.05, 4.69) is 5.32 Å². The van der Waals surface area contributed by atoms with Crippen molar-refractivity contribution < 1.29 is 9.53 Å². The summed E-state index contributed by atoms with van der Waals surface area (Å²) in [6, 6.07) is 3.19. The van der Waals surface area contributed by atoms with Gasteiger partial charge in [-0.1, -0.05) is 23.2 Å². The number of anilines is 1. The van der Waals surface area contributed by atoms with Crippen LogP contribution in [0.25, 0.3) is 0 Å². The molecule has 3 nitrogen and oxygen atoms in total. The smallest absolute Gasteiger partial charge is 0.328 e. The van der Waals surface area contributed by atoms with Crippen molar-refractivity contribution in [1.82, 2.24) is 0 Å². The number of benzene rings is 1. The van der Waals surface area contributed by atoms with E-state index in [9.17, 15) is 4.79 Å². The standard InChI is InChI=1S/C12H13Cl2NO2/c1-2-17-12(16)10-4-3-8-9(14)5-7(13)6-11(8)15-10/h5-6,10,15H,2-4H2,1H3/t10-/m0/s1. The number of carbonyl (C=O) groups is 1. The second-order valence-corrected chi connectivity index (χ2v) is 4.75. The fourth-order valence-corrected chi connectivity index (χ4v) is 2.54. The molecule has 1 aromatic rings. The summed E-state index contributed by atoms with van der Waals surface area (Å²) in [6.45, 7) is 2.18. The largest absolute Gasteiger partial charge is 0.464 e. The number of hydrogen-bond donors (Lipinski definition) is 1. The average molecular weight is 274 g/mol. The van der Waals surface area contributed by atoms with Crippen molar-refractivity contribution in [2.45, 2.75) is 25.8 Å². The third-order valence-electron chi connectivity index (χ3n) is 2.74. The molecule has 1 heterocycles. The first-order valence-corrected chi connectivity index (χ1v) is 6.28. The van der Waals surface area contributed by atoms with E-state index in [1.54, 1.807) is 19.1 Å². The van der Waals surface area contributed by atoms with Crippen LogP contribution in [0.1, 0.15) is 18.9 Å². The van der Waals surface area contributed by atoms with Gasteiger partial charge in [0.25, 0.3) is 0 Å². The molecular formula is C12H13Cl2NO2. The van der Waals surface area contributed by atoms with Crippen LogP contribution in [0.2, 0.25) is 10.0 Å². The number of carbonyl (C=O) groups excluding carboxylic acids is 1. The van der Waals surface area contributed by atoms with Gasteiger partial charge in [0.05, 0.1) is 6.61 Å². The third-order valence-corrected chi connectivity index (χ3v) is 3.30. The van der Waals surface area contributed by atoms with Gasteiger partial charge in [-0.3, -0.25) is 0 Å². The third kappa shape index (κ3) is 2.67. The quantitative estimate of drug-likeness (QED) is 0.841. The first-order valence-electron chi connectivity index (χ1n) is 5.53. The topological polar surface area (TPSA) is 38.3 Å². The van der Waals surface area contributed by atoms with Crippen LogP contribution in [0.3, 0.4) is 0 Å². The van der Waals surface area contributed by atoms with E-state index in [0.717, 1.165) is 17.7 Å². The summed E-state index contributed by atoms with van der Waals surface area (Å²) < 4.78 is 4.99. The Morgan fingerprint density at radius 1 is 1.53 bits per heavy atom. The van der Waals surface area contributed by atoms with Gasteiger partial charge in [0, 0.05) is 15.7 Å². The molecule has 1 aromatic carbocycles. The van der Waals surface area contributed by atoms with Gasteiger partial charge in [0.2, 0.25) is 0 Å². The lowest BCUT2D eigenvalue weighted by atomic mass is 9.98. The average Bonchev–Trinajstić information content (AvgIpc) is 2.28. The molecule has 0 bridgehead atoms. The predicted octanol–water partition coefficient (Wildman–Crippen LogP) is 3.28. The molecule has 0 aromatic heterocycles. The summed E-state index contributed by atoms with van der Waals surface area (Å²) in [4.78, 5) is 11.6. The maximum atomic E-state index is 11.6. The second kappa shape index (κ2) is 5.15. The van der Waals surface area contributed by atoms with E-state index < -0.39 is 0 Å². The number of nitrogens with one attached hydrogen (secondary N) is 1. The second-order valence-electron chi connectivity index (χ2n) is 3.90. The lowest BCUT2D eigenvalue weighted by Crippen LogP contribution is -2.35. The van der Waals surface area contributed by atoms with Gasteiger partial charge in [-0.2, -0.15) is 0 Å². The van der Waals surface area contributed by atoms with Crippen LogP contribution in [0, 0.1) is 0 Å². The van der Waals surface area contributed by atoms with Gasteiger partial charge in [0.15, 0.2) is 0 Å². The van der Waals surface area contributed by atoms with Crippen LogP contribution in [-0.4, -0.2) is 18.6 Å². The summed E-state index contributed by atoms with van der Waals surface area (Å²) in [6.07, 6.45) is 1.44. The lowest BCUT2D eigenvalue weighted by molar-refractivity contribution is -0.144. The van der Waals surface area contributed by atoms with Crippen molar-refractivity contribution in [2.75, 3.05) is 11.9 Å². The highest BCUT2D eigenvalue weighted by molar-refractivity contribution is 6.35. The normalized spacial score (nSPS) is 18.2. The molecule has 0 saturated heterocycles. The van der Waals surface area contributed by atoms with Crippen LogP contribution < -0.4 is 5.32 Å². The minimum absolute atomic E-state index is 0.228. The summed E-state index contributed by atoms with van der Waals surface area (Å²) >= 11 is 12.0. The predicted molar refractivity (Wildman–Crippen MR) is 68.8 cm³/mol. The molecule has 0 amide bonds. The van der Waals surface area contributed by atoms with Gasteiger partial charge in [-0.15, -0.1) is 0 Å². The van der Waals surface area contributed by atoms with Gasteiger partial charge >= 0.3 is 5.97 Å². The molecule has 0 saturated carbocycles. The SMILES string of the molecule is CCOC(=O)[C@@H]1CCc2c(Cl)cc(Cl)cc2N1. The zero-order valence-corrected chi connectivity index (χ0v) is 10.9. The molecule has 1 N–H and O–H groups in total. The molecule has 0 aliphatic carbocycles. The Labute approximate surface area is 110 Å². The Morgan fingerprint density at radius 3 is 3.00 bits per heavy atom. The van der Waals surface area contributed by atoms with Crippen LogP contribution in [0.5, 0.6) is 0 Å². The number of esters is 1. The van der Waals surface area contributed by atoms with E-state index in [0.29, 0.717) is 23.1 Å². The molecule has 0 fully saturated rings. The van der Waals surface area contributed by atoms with Gasteiger partial charge in [-0.25, -0.2) is 4.79 Å². The first kappa shape index (κ1) is 12.5. The Hall–Kier alpha value is -0.930. The number of ether oxygens (including phenoxy) is 1. The molecule has 1 atom stereocenters. The Balaban J connectivity index is 2.21. The van der Waals surface area contributed by atoms with E-state index in [-0.39, 0.29) is 12.0 Å². The maximum Gasteiger partial charge on any atom is 0.328 e. The van der Waals surface area contributed by atoms with Crippen molar-refractivity contribution >= 4 is 34.9 Å². The van der Waals surface area contributed by atoms with E-state index >= 15 is 0 Å². The maximum absolute atomic E-state index is 11.6. The zero-order chi connectivity index (χ0) is 12.4. The molecule has 1 aliphatic heterocycles. The molecule has 0 unspecified atom stereocenters. The molecule has 92 valence electrons. The molecule has 2 rings (SSSR count). The molecule has 0 radical (unpaired) electrons. The van der Waals surface area contributed by atoms with Crippen molar-refractivity contribution in [2.24, 2.45) is 0 Å². The Morgan fingerprint density at radius 2 is 2.29 bits per heavy atom. The number of rotatable bonds is 2. The fourth-order valence-electron chi connectivity index (χ4n) is 1.95. The Bertz CT molecular complexity index is 448. The van der Waals surface area contributed by atoms with Crippen LogP contribution in [-0.2, 0) is 16.0 Å². The molecule has 1 aliphatic rings. The molecule has 17 heavy (non-hydrogen) atoms. The molecule has 0 spiro atoms. The van der Waals surface area contributed by atoms with E-state index in [4.69, 9.17) is 27.9 Å². The minimum Gasteiger partial charge on any atom is -0.464 e. The summed E-state index contributed by atoms with van der Waals surface area (Å²) in [7, 11) is 0. The van der Waals surface area contributed by atoms with Crippen molar-refractivity contribution in [1.29, 1.82) is 0 Å². The number of halogens is 2. The lowest BCUT2D eigenvalue weighted by Gasteiger charge is -2.26. The highest BCUT2D eigenvalue weighted by Crippen LogP contribution is 2.34. The van der Waals surface area contributed by atoms with Crippen LogP contribution >= 0.6 is 23.2 Å². The monoisotopic (exact) mass is 273 g/mol. The van der Waals surface area contributed by atoms with E-state index in [1.807, 2.05) is 0 Å². The van der Waals surface area contributed by atoms with Crippen molar-refractivity contribution in [3.63, 3.8) is 0 Å². The fraction of sp³-hybridized carbons (Fsp3) is 0.417. The zero-order valence-electron chi connectivity index (χ0n) is 9.43.